The summed E-state index contributed by atoms with van der Waals surface area (Å²) in [5.74, 6) is -1.21. The van der Waals surface area contributed by atoms with Gasteiger partial charge in [-0.2, -0.15) is 0 Å². The van der Waals surface area contributed by atoms with E-state index in [4.69, 9.17) is 4.74 Å². The molecule has 1 aromatic carbocycles. The number of nitro benzene ring substituents is 1. The van der Waals surface area contributed by atoms with Crippen LogP contribution in [-0.2, 0) is 14.3 Å². The van der Waals surface area contributed by atoms with E-state index in [0.29, 0.717) is 19.0 Å². The SMILES string of the molecule is CC1CCCN(C(=O)COC(=O)CNC(=O)c2cccc([N+](=O)[O-])c2)C1. The molecule has 0 aliphatic carbocycles. The quantitative estimate of drug-likeness (QED) is 0.460. The molecule has 1 aliphatic heterocycles. The highest BCUT2D eigenvalue weighted by Gasteiger charge is 2.22. The highest BCUT2D eigenvalue weighted by molar-refractivity contribution is 5.96. The topological polar surface area (TPSA) is 119 Å². The third kappa shape index (κ3) is 5.54. The molecule has 1 heterocycles. The number of benzene rings is 1. The van der Waals surface area contributed by atoms with Gasteiger partial charge in [-0.05, 0) is 24.8 Å². The molecule has 0 radical (unpaired) electrons. The Bertz CT molecular complexity index is 705. The summed E-state index contributed by atoms with van der Waals surface area (Å²) in [6.45, 7) is 2.59. The molecule has 2 rings (SSSR count). The van der Waals surface area contributed by atoms with E-state index in [1.807, 2.05) is 0 Å². The summed E-state index contributed by atoms with van der Waals surface area (Å²) in [5, 5.41) is 13.0. The molecule has 9 nitrogen and oxygen atoms in total. The van der Waals surface area contributed by atoms with Gasteiger partial charge < -0.3 is 15.0 Å². The van der Waals surface area contributed by atoms with Gasteiger partial charge in [0.15, 0.2) is 6.61 Å². The van der Waals surface area contributed by atoms with Gasteiger partial charge in [0.1, 0.15) is 6.54 Å². The summed E-state index contributed by atoms with van der Waals surface area (Å²) >= 11 is 0. The van der Waals surface area contributed by atoms with Crippen molar-refractivity contribution in [1.82, 2.24) is 10.2 Å². The van der Waals surface area contributed by atoms with Gasteiger partial charge in [-0.3, -0.25) is 24.5 Å². The summed E-state index contributed by atoms with van der Waals surface area (Å²) in [7, 11) is 0. The number of hydrogen-bond acceptors (Lipinski definition) is 6. The van der Waals surface area contributed by atoms with Crippen molar-refractivity contribution in [3.05, 3.63) is 39.9 Å². The molecule has 9 heteroatoms. The summed E-state index contributed by atoms with van der Waals surface area (Å²) < 4.78 is 4.89. The molecule has 1 atom stereocenters. The zero-order valence-electron chi connectivity index (χ0n) is 14.5. The van der Waals surface area contributed by atoms with Gasteiger partial charge in [-0.1, -0.05) is 13.0 Å². The van der Waals surface area contributed by atoms with Gasteiger partial charge in [-0.25, -0.2) is 0 Å². The van der Waals surface area contributed by atoms with Gasteiger partial charge in [-0.15, -0.1) is 0 Å². The third-order valence-electron chi connectivity index (χ3n) is 4.08. The van der Waals surface area contributed by atoms with Crippen molar-refractivity contribution >= 4 is 23.5 Å². The molecule has 0 aromatic heterocycles. The Balaban J connectivity index is 1.76. The first-order chi connectivity index (χ1) is 12.4. The lowest BCUT2D eigenvalue weighted by atomic mass is 10.0. The minimum atomic E-state index is -0.748. The van der Waals surface area contributed by atoms with Gasteiger partial charge >= 0.3 is 5.97 Å². The van der Waals surface area contributed by atoms with Crippen molar-refractivity contribution < 1.29 is 24.0 Å². The zero-order chi connectivity index (χ0) is 19.1. The molecular formula is C17H21N3O6. The number of likely N-dealkylation sites (tertiary alicyclic amines) is 1. The fraction of sp³-hybridized carbons (Fsp3) is 0.471. The van der Waals surface area contributed by atoms with Crippen molar-refractivity contribution in [3.8, 4) is 0 Å². The Morgan fingerprint density at radius 3 is 2.85 bits per heavy atom. The Kier molecular flexibility index (Phi) is 6.65. The standard InChI is InChI=1S/C17H21N3O6/c1-12-4-3-7-19(10-12)15(21)11-26-16(22)9-18-17(23)13-5-2-6-14(8-13)20(24)25/h2,5-6,8,12H,3-4,7,9-11H2,1H3,(H,18,23). The maximum Gasteiger partial charge on any atom is 0.325 e. The van der Waals surface area contributed by atoms with Crippen LogP contribution in [0.1, 0.15) is 30.1 Å². The number of amides is 2. The fourth-order valence-corrected chi connectivity index (χ4v) is 2.72. The summed E-state index contributed by atoms with van der Waals surface area (Å²) in [6, 6.07) is 5.15. The molecule has 1 saturated heterocycles. The van der Waals surface area contributed by atoms with E-state index in [9.17, 15) is 24.5 Å². The molecule has 1 fully saturated rings. The van der Waals surface area contributed by atoms with Crippen molar-refractivity contribution in [2.75, 3.05) is 26.2 Å². The molecule has 0 spiro atoms. The number of hydrogen-bond donors (Lipinski definition) is 1. The molecule has 1 N–H and O–H groups in total. The van der Waals surface area contributed by atoms with Crippen molar-refractivity contribution in [3.63, 3.8) is 0 Å². The predicted molar refractivity (Wildman–Crippen MR) is 91.4 cm³/mol. The van der Waals surface area contributed by atoms with Crippen LogP contribution in [0.2, 0.25) is 0 Å². The van der Waals surface area contributed by atoms with Crippen molar-refractivity contribution in [2.24, 2.45) is 5.92 Å². The zero-order valence-corrected chi connectivity index (χ0v) is 14.5. The molecule has 1 unspecified atom stereocenters. The summed E-state index contributed by atoms with van der Waals surface area (Å²) in [6.07, 6.45) is 2.01. The minimum absolute atomic E-state index is 0.0605. The van der Waals surface area contributed by atoms with E-state index < -0.39 is 23.3 Å². The van der Waals surface area contributed by atoms with E-state index in [-0.39, 0.29) is 23.8 Å². The predicted octanol–water partition coefficient (Wildman–Crippen LogP) is 1.13. The van der Waals surface area contributed by atoms with Gasteiger partial charge in [0, 0.05) is 30.8 Å². The Hall–Kier alpha value is -2.97. The number of nitrogens with zero attached hydrogens (tertiary/aromatic N) is 2. The molecule has 1 aliphatic rings. The Morgan fingerprint density at radius 1 is 1.38 bits per heavy atom. The van der Waals surface area contributed by atoms with E-state index in [2.05, 4.69) is 12.2 Å². The average molecular weight is 363 g/mol. The van der Waals surface area contributed by atoms with Crippen LogP contribution in [0.15, 0.2) is 24.3 Å². The number of esters is 1. The maximum atomic E-state index is 12.0. The van der Waals surface area contributed by atoms with Crippen LogP contribution in [0.4, 0.5) is 5.69 Å². The first kappa shape index (κ1) is 19.4. The normalized spacial score (nSPS) is 16.7. The van der Waals surface area contributed by atoms with Crippen LogP contribution in [0.3, 0.4) is 0 Å². The number of piperidine rings is 1. The number of ether oxygens (including phenoxy) is 1. The smallest absolute Gasteiger partial charge is 0.325 e. The van der Waals surface area contributed by atoms with Gasteiger partial charge in [0.25, 0.3) is 17.5 Å². The number of non-ortho nitro benzene ring substituents is 1. The molecule has 140 valence electrons. The molecule has 0 saturated carbocycles. The second kappa shape index (κ2) is 8.93. The van der Waals surface area contributed by atoms with E-state index in [1.165, 1.54) is 18.2 Å². The highest BCUT2D eigenvalue weighted by Crippen LogP contribution is 2.15. The van der Waals surface area contributed by atoms with Crippen LogP contribution < -0.4 is 5.32 Å². The number of nitro groups is 1. The largest absolute Gasteiger partial charge is 0.454 e. The second-order valence-electron chi connectivity index (χ2n) is 6.24. The first-order valence-corrected chi connectivity index (χ1v) is 8.33. The average Bonchev–Trinajstić information content (AvgIpc) is 2.64. The van der Waals surface area contributed by atoms with Crippen LogP contribution in [0.5, 0.6) is 0 Å². The van der Waals surface area contributed by atoms with E-state index >= 15 is 0 Å². The molecule has 0 bridgehead atoms. The lowest BCUT2D eigenvalue weighted by Gasteiger charge is -2.30. The summed E-state index contributed by atoms with van der Waals surface area (Å²) in [4.78, 5) is 47.4. The lowest BCUT2D eigenvalue weighted by Crippen LogP contribution is -2.42. The van der Waals surface area contributed by atoms with E-state index in [1.54, 1.807) is 4.90 Å². The van der Waals surface area contributed by atoms with E-state index in [0.717, 1.165) is 18.9 Å². The van der Waals surface area contributed by atoms with Crippen LogP contribution in [-0.4, -0.2) is 53.8 Å². The lowest BCUT2D eigenvalue weighted by molar-refractivity contribution is -0.384. The Labute approximate surface area is 150 Å². The van der Waals surface area contributed by atoms with Crippen LogP contribution >= 0.6 is 0 Å². The molecule has 2 amide bonds. The van der Waals surface area contributed by atoms with Crippen molar-refractivity contribution in [1.29, 1.82) is 0 Å². The fourth-order valence-electron chi connectivity index (χ4n) is 2.72. The molecule has 26 heavy (non-hydrogen) atoms. The molecule has 1 aromatic rings. The van der Waals surface area contributed by atoms with Gasteiger partial charge in [0.2, 0.25) is 0 Å². The second-order valence-corrected chi connectivity index (χ2v) is 6.24. The molecular weight excluding hydrogens is 342 g/mol. The highest BCUT2D eigenvalue weighted by atomic mass is 16.6. The number of carbonyl (C=O) groups is 3. The van der Waals surface area contributed by atoms with Gasteiger partial charge in [0.05, 0.1) is 4.92 Å². The van der Waals surface area contributed by atoms with Crippen LogP contribution in [0.25, 0.3) is 0 Å². The minimum Gasteiger partial charge on any atom is -0.454 e. The van der Waals surface area contributed by atoms with Crippen molar-refractivity contribution in [2.45, 2.75) is 19.8 Å². The monoisotopic (exact) mass is 363 g/mol. The van der Waals surface area contributed by atoms with Crippen LogP contribution in [0, 0.1) is 16.0 Å². The Morgan fingerprint density at radius 2 is 2.15 bits per heavy atom. The number of rotatable bonds is 6. The first-order valence-electron chi connectivity index (χ1n) is 8.33. The number of carbonyl (C=O) groups excluding carboxylic acids is 3. The maximum absolute atomic E-state index is 12.0. The number of nitrogens with one attached hydrogen (secondary N) is 1. The third-order valence-corrected chi connectivity index (χ3v) is 4.08. The summed E-state index contributed by atoms with van der Waals surface area (Å²) in [5.41, 5.74) is -0.160.